The van der Waals surface area contributed by atoms with Gasteiger partial charge in [-0.2, -0.15) is 0 Å². The van der Waals surface area contributed by atoms with Gasteiger partial charge in [0.2, 0.25) is 0 Å². The Balaban J connectivity index is 2.31. The second kappa shape index (κ2) is 4.75. The van der Waals surface area contributed by atoms with Gasteiger partial charge in [0.25, 0.3) is 0 Å². The van der Waals surface area contributed by atoms with E-state index in [9.17, 15) is 4.79 Å². The Morgan fingerprint density at radius 3 is 2.38 bits per heavy atom. The zero-order chi connectivity index (χ0) is 9.84. The van der Waals surface area contributed by atoms with E-state index in [1.54, 1.807) is 0 Å². The van der Waals surface area contributed by atoms with Gasteiger partial charge >= 0.3 is 0 Å². The molecule has 1 fully saturated rings. The number of carbonyl (C=O) groups excluding carboxylic acids is 1. The Kier molecular flexibility index (Phi) is 3.91. The fourth-order valence-corrected chi connectivity index (χ4v) is 2.13. The summed E-state index contributed by atoms with van der Waals surface area (Å²) < 4.78 is 0. The lowest BCUT2D eigenvalue weighted by Gasteiger charge is -2.27. The molecule has 2 nitrogen and oxygen atoms in total. The predicted octanol–water partition coefficient (Wildman–Crippen LogP) is 2.12. The molecule has 1 saturated carbocycles. The van der Waals surface area contributed by atoms with Gasteiger partial charge in [0.15, 0.2) is 0 Å². The fraction of sp³-hybridized carbons (Fsp3) is 0.909. The molecule has 0 aromatic rings. The van der Waals surface area contributed by atoms with Gasteiger partial charge in [0, 0.05) is 18.9 Å². The van der Waals surface area contributed by atoms with E-state index in [1.165, 1.54) is 0 Å². The van der Waals surface area contributed by atoms with Gasteiger partial charge in [0.05, 0.1) is 0 Å². The molecule has 1 aliphatic carbocycles. The molecule has 2 heteroatoms. The first-order valence-electron chi connectivity index (χ1n) is 5.37. The minimum absolute atomic E-state index is 0.313. The number of nitrogens with two attached hydrogens (primary N) is 1. The molecule has 0 bridgehead atoms. The molecule has 1 aliphatic rings. The highest BCUT2D eigenvalue weighted by Gasteiger charge is 2.24. The number of ketones is 1. The first kappa shape index (κ1) is 10.7. The van der Waals surface area contributed by atoms with Crippen LogP contribution in [-0.2, 0) is 4.79 Å². The van der Waals surface area contributed by atoms with Crippen LogP contribution < -0.4 is 5.73 Å². The van der Waals surface area contributed by atoms with Gasteiger partial charge in [0.1, 0.15) is 5.78 Å². The van der Waals surface area contributed by atoms with Crippen LogP contribution in [-0.4, -0.2) is 11.8 Å². The van der Waals surface area contributed by atoms with Crippen molar-refractivity contribution < 1.29 is 4.79 Å². The second-order valence-electron chi connectivity index (χ2n) is 4.67. The Labute approximate surface area is 80.9 Å². The van der Waals surface area contributed by atoms with E-state index < -0.39 is 0 Å². The van der Waals surface area contributed by atoms with Crippen LogP contribution in [0.5, 0.6) is 0 Å². The highest BCUT2D eigenvalue weighted by Crippen LogP contribution is 2.26. The Hall–Kier alpha value is -0.370. The molecule has 0 heterocycles. The number of rotatable bonds is 3. The summed E-state index contributed by atoms with van der Waals surface area (Å²) in [7, 11) is 0. The van der Waals surface area contributed by atoms with Gasteiger partial charge in [-0.1, -0.05) is 13.8 Å². The summed E-state index contributed by atoms with van der Waals surface area (Å²) in [6, 6.07) is 0.313. The van der Waals surface area contributed by atoms with Crippen LogP contribution in [0.15, 0.2) is 0 Å². The lowest BCUT2D eigenvalue weighted by atomic mass is 9.81. The van der Waals surface area contributed by atoms with Crippen LogP contribution in [0.4, 0.5) is 0 Å². The standard InChI is InChI=1S/C11H21NO/c1-8(2)7-11(12)9-3-5-10(13)6-4-9/h8-9,11H,3-7,12H2,1-2H3. The Bertz CT molecular complexity index is 167. The number of hydrogen-bond donors (Lipinski definition) is 1. The predicted molar refractivity (Wildman–Crippen MR) is 54.4 cm³/mol. The number of carbonyl (C=O) groups is 1. The quantitative estimate of drug-likeness (QED) is 0.728. The van der Waals surface area contributed by atoms with Gasteiger partial charge in [-0.3, -0.25) is 4.79 Å². The maximum Gasteiger partial charge on any atom is 0.132 e. The first-order valence-corrected chi connectivity index (χ1v) is 5.37. The monoisotopic (exact) mass is 183 g/mol. The zero-order valence-corrected chi connectivity index (χ0v) is 8.75. The molecule has 13 heavy (non-hydrogen) atoms. The van der Waals surface area contributed by atoms with Crippen LogP contribution in [0.3, 0.4) is 0 Å². The largest absolute Gasteiger partial charge is 0.327 e. The maximum atomic E-state index is 11.0. The van der Waals surface area contributed by atoms with Gasteiger partial charge in [-0.15, -0.1) is 0 Å². The topological polar surface area (TPSA) is 43.1 Å². The van der Waals surface area contributed by atoms with Crippen molar-refractivity contribution in [3.05, 3.63) is 0 Å². The molecule has 0 amide bonds. The van der Waals surface area contributed by atoms with Crippen molar-refractivity contribution in [2.45, 2.75) is 52.0 Å². The minimum atomic E-state index is 0.313. The first-order chi connectivity index (χ1) is 6.09. The van der Waals surface area contributed by atoms with Crippen molar-refractivity contribution in [1.82, 2.24) is 0 Å². The van der Waals surface area contributed by atoms with Crippen LogP contribution >= 0.6 is 0 Å². The highest BCUT2D eigenvalue weighted by atomic mass is 16.1. The summed E-state index contributed by atoms with van der Waals surface area (Å²) in [5.41, 5.74) is 6.08. The minimum Gasteiger partial charge on any atom is -0.327 e. The lowest BCUT2D eigenvalue weighted by molar-refractivity contribution is -0.121. The second-order valence-corrected chi connectivity index (χ2v) is 4.67. The van der Waals surface area contributed by atoms with Gasteiger partial charge in [-0.05, 0) is 31.1 Å². The summed E-state index contributed by atoms with van der Waals surface area (Å²) in [4.78, 5) is 11.0. The van der Waals surface area contributed by atoms with E-state index in [4.69, 9.17) is 5.73 Å². The van der Waals surface area contributed by atoms with Crippen LogP contribution in [0, 0.1) is 11.8 Å². The summed E-state index contributed by atoms with van der Waals surface area (Å²) in [5, 5.41) is 0. The fourth-order valence-electron chi connectivity index (χ4n) is 2.13. The average Bonchev–Trinajstić information content (AvgIpc) is 2.04. The zero-order valence-electron chi connectivity index (χ0n) is 8.75. The molecule has 0 aromatic carbocycles. The van der Waals surface area contributed by atoms with Crippen molar-refractivity contribution in [2.24, 2.45) is 17.6 Å². The van der Waals surface area contributed by atoms with E-state index in [-0.39, 0.29) is 0 Å². The van der Waals surface area contributed by atoms with Crippen LogP contribution in [0.2, 0.25) is 0 Å². The van der Waals surface area contributed by atoms with E-state index in [0.717, 1.165) is 32.1 Å². The number of Topliss-reactive ketones (excluding diaryl/α,β-unsaturated/α-hetero) is 1. The van der Waals surface area contributed by atoms with Crippen molar-refractivity contribution >= 4 is 5.78 Å². The molecule has 76 valence electrons. The summed E-state index contributed by atoms with van der Waals surface area (Å²) in [6.07, 6.45) is 4.66. The Morgan fingerprint density at radius 1 is 1.38 bits per heavy atom. The molecule has 0 aliphatic heterocycles. The molecule has 0 aromatic heterocycles. The molecular weight excluding hydrogens is 162 g/mol. The molecule has 2 N–H and O–H groups in total. The van der Waals surface area contributed by atoms with Gasteiger partial charge in [-0.25, -0.2) is 0 Å². The van der Waals surface area contributed by atoms with Crippen LogP contribution in [0.1, 0.15) is 46.0 Å². The third-order valence-electron chi connectivity index (χ3n) is 2.94. The highest BCUT2D eigenvalue weighted by molar-refractivity contribution is 5.79. The third kappa shape index (κ3) is 3.47. The van der Waals surface area contributed by atoms with E-state index >= 15 is 0 Å². The molecular formula is C11H21NO. The average molecular weight is 183 g/mol. The van der Waals surface area contributed by atoms with E-state index in [1.807, 2.05) is 0 Å². The molecule has 0 spiro atoms. The Morgan fingerprint density at radius 2 is 1.92 bits per heavy atom. The van der Waals surface area contributed by atoms with Crippen LogP contribution in [0.25, 0.3) is 0 Å². The summed E-state index contributed by atoms with van der Waals surface area (Å²) in [5.74, 6) is 1.70. The van der Waals surface area contributed by atoms with Crippen molar-refractivity contribution in [3.63, 3.8) is 0 Å². The maximum absolute atomic E-state index is 11.0. The summed E-state index contributed by atoms with van der Waals surface area (Å²) in [6.45, 7) is 4.40. The van der Waals surface area contributed by atoms with Crippen molar-refractivity contribution in [3.8, 4) is 0 Å². The SMILES string of the molecule is CC(C)CC(N)C1CCC(=O)CC1. The lowest BCUT2D eigenvalue weighted by Crippen LogP contribution is -2.34. The van der Waals surface area contributed by atoms with E-state index in [0.29, 0.717) is 23.7 Å². The normalized spacial score (nSPS) is 22.3. The molecule has 0 saturated heterocycles. The molecule has 1 atom stereocenters. The smallest absolute Gasteiger partial charge is 0.132 e. The molecule has 0 radical (unpaired) electrons. The summed E-state index contributed by atoms with van der Waals surface area (Å²) >= 11 is 0. The third-order valence-corrected chi connectivity index (χ3v) is 2.94. The molecule has 1 rings (SSSR count). The van der Waals surface area contributed by atoms with E-state index in [2.05, 4.69) is 13.8 Å². The van der Waals surface area contributed by atoms with Gasteiger partial charge < -0.3 is 5.73 Å². The van der Waals surface area contributed by atoms with Crippen molar-refractivity contribution in [1.29, 1.82) is 0 Å². The molecule has 1 unspecified atom stereocenters. The number of hydrogen-bond acceptors (Lipinski definition) is 2. The van der Waals surface area contributed by atoms with Crippen molar-refractivity contribution in [2.75, 3.05) is 0 Å².